The van der Waals surface area contributed by atoms with E-state index in [4.69, 9.17) is 0 Å². The number of benzene rings is 2. The molecule has 0 bridgehead atoms. The zero-order valence-corrected chi connectivity index (χ0v) is 17.2. The standard InChI is InChI=1S/C24H21N5O2/c1-15-16(2)28-22-12-17(9-10-21(22)27-15)24(31)29-20-8-4-3-6-18(20)14-26-23(30)19-7-5-11-25-13-19/h3-13H,14H2,1-2H3,(H,26,30)(H,29,31). The van der Waals surface area contributed by atoms with Crippen molar-refractivity contribution in [3.8, 4) is 0 Å². The Hall–Kier alpha value is -4.13. The Morgan fingerprint density at radius 3 is 2.39 bits per heavy atom. The maximum atomic E-state index is 12.9. The Bertz CT molecular complexity index is 1270. The van der Waals surface area contributed by atoms with Crippen LogP contribution < -0.4 is 10.6 Å². The van der Waals surface area contributed by atoms with Gasteiger partial charge in [0.2, 0.25) is 0 Å². The number of amides is 2. The second-order valence-corrected chi connectivity index (χ2v) is 7.13. The molecule has 0 aliphatic carbocycles. The quantitative estimate of drug-likeness (QED) is 0.520. The molecule has 0 aliphatic rings. The summed E-state index contributed by atoms with van der Waals surface area (Å²) >= 11 is 0. The van der Waals surface area contributed by atoms with Crippen molar-refractivity contribution < 1.29 is 9.59 Å². The first kappa shape index (κ1) is 20.2. The summed E-state index contributed by atoms with van der Waals surface area (Å²) in [7, 11) is 0. The average Bonchev–Trinajstić information content (AvgIpc) is 2.79. The van der Waals surface area contributed by atoms with E-state index in [2.05, 4.69) is 25.6 Å². The number of anilines is 1. The minimum Gasteiger partial charge on any atom is -0.348 e. The minimum absolute atomic E-state index is 0.229. The zero-order chi connectivity index (χ0) is 21.8. The fourth-order valence-electron chi connectivity index (χ4n) is 3.14. The SMILES string of the molecule is Cc1nc2ccc(C(=O)Nc3ccccc3CNC(=O)c3cccnc3)cc2nc1C. The summed E-state index contributed by atoms with van der Waals surface area (Å²) in [6.07, 6.45) is 3.12. The molecule has 4 aromatic rings. The van der Waals surface area contributed by atoms with E-state index in [0.29, 0.717) is 22.3 Å². The Kier molecular flexibility index (Phi) is 5.66. The molecule has 2 heterocycles. The van der Waals surface area contributed by atoms with E-state index in [1.807, 2.05) is 32.0 Å². The lowest BCUT2D eigenvalue weighted by Crippen LogP contribution is -2.24. The van der Waals surface area contributed by atoms with Crippen LogP contribution >= 0.6 is 0 Å². The van der Waals surface area contributed by atoms with Crippen molar-refractivity contribution in [1.82, 2.24) is 20.3 Å². The van der Waals surface area contributed by atoms with E-state index in [-0.39, 0.29) is 18.4 Å². The van der Waals surface area contributed by atoms with Crippen LogP contribution in [0, 0.1) is 13.8 Å². The maximum Gasteiger partial charge on any atom is 0.255 e. The van der Waals surface area contributed by atoms with Gasteiger partial charge in [0.15, 0.2) is 0 Å². The molecule has 0 atom stereocenters. The van der Waals surface area contributed by atoms with E-state index in [1.54, 1.807) is 42.6 Å². The third-order valence-electron chi connectivity index (χ3n) is 4.97. The molecule has 31 heavy (non-hydrogen) atoms. The molecule has 0 radical (unpaired) electrons. The number of nitrogens with zero attached hydrogens (tertiary/aromatic N) is 3. The number of carbonyl (C=O) groups excluding carboxylic acids is 2. The average molecular weight is 411 g/mol. The van der Waals surface area contributed by atoms with Crippen LogP contribution in [0.1, 0.15) is 37.7 Å². The van der Waals surface area contributed by atoms with Gasteiger partial charge in [-0.2, -0.15) is 0 Å². The molecule has 7 nitrogen and oxygen atoms in total. The molecule has 2 N–H and O–H groups in total. The van der Waals surface area contributed by atoms with Gasteiger partial charge in [0.25, 0.3) is 11.8 Å². The van der Waals surface area contributed by atoms with Crippen molar-refractivity contribution >= 4 is 28.5 Å². The molecule has 0 saturated heterocycles. The molecule has 7 heteroatoms. The van der Waals surface area contributed by atoms with Crippen LogP contribution in [0.2, 0.25) is 0 Å². The molecular weight excluding hydrogens is 390 g/mol. The fraction of sp³-hybridized carbons (Fsp3) is 0.125. The normalized spacial score (nSPS) is 10.6. The lowest BCUT2D eigenvalue weighted by Gasteiger charge is -2.12. The minimum atomic E-state index is -0.257. The summed E-state index contributed by atoms with van der Waals surface area (Å²) in [6, 6.07) is 16.0. The second-order valence-electron chi connectivity index (χ2n) is 7.13. The number of hydrogen-bond acceptors (Lipinski definition) is 5. The van der Waals surface area contributed by atoms with Crippen molar-refractivity contribution in [1.29, 1.82) is 0 Å². The Balaban J connectivity index is 1.50. The third kappa shape index (κ3) is 4.56. The highest BCUT2D eigenvalue weighted by Gasteiger charge is 2.12. The number of fused-ring (bicyclic) bond motifs is 1. The first-order valence-corrected chi connectivity index (χ1v) is 9.84. The monoisotopic (exact) mass is 411 g/mol. The number of aromatic nitrogens is 3. The van der Waals surface area contributed by atoms with Crippen LogP contribution in [0.4, 0.5) is 5.69 Å². The molecule has 0 fully saturated rings. The smallest absolute Gasteiger partial charge is 0.255 e. The Labute approximate surface area is 179 Å². The first-order chi connectivity index (χ1) is 15.0. The van der Waals surface area contributed by atoms with Gasteiger partial charge in [-0.15, -0.1) is 0 Å². The predicted molar refractivity (Wildman–Crippen MR) is 119 cm³/mol. The number of pyridine rings is 1. The fourth-order valence-corrected chi connectivity index (χ4v) is 3.14. The molecular formula is C24H21N5O2. The summed E-state index contributed by atoms with van der Waals surface area (Å²) < 4.78 is 0. The highest BCUT2D eigenvalue weighted by Crippen LogP contribution is 2.19. The van der Waals surface area contributed by atoms with E-state index < -0.39 is 0 Å². The summed E-state index contributed by atoms with van der Waals surface area (Å²) in [5, 5.41) is 5.79. The number of aryl methyl sites for hydroxylation is 2. The topological polar surface area (TPSA) is 96.9 Å². The van der Waals surface area contributed by atoms with Crippen LogP contribution in [0.15, 0.2) is 67.0 Å². The van der Waals surface area contributed by atoms with Gasteiger partial charge in [-0.25, -0.2) is 9.97 Å². The third-order valence-corrected chi connectivity index (χ3v) is 4.97. The van der Waals surface area contributed by atoms with Gasteiger partial charge in [0.1, 0.15) is 0 Å². The molecule has 154 valence electrons. The van der Waals surface area contributed by atoms with Crippen LogP contribution in [0.3, 0.4) is 0 Å². The molecule has 0 unspecified atom stereocenters. The van der Waals surface area contributed by atoms with E-state index in [1.165, 1.54) is 6.20 Å². The van der Waals surface area contributed by atoms with Crippen LogP contribution in [0.5, 0.6) is 0 Å². The lowest BCUT2D eigenvalue weighted by atomic mass is 10.1. The summed E-state index contributed by atoms with van der Waals surface area (Å²) in [5.74, 6) is -0.485. The van der Waals surface area contributed by atoms with E-state index in [0.717, 1.165) is 22.5 Å². The van der Waals surface area contributed by atoms with Crippen molar-refractivity contribution in [3.63, 3.8) is 0 Å². The van der Waals surface area contributed by atoms with Gasteiger partial charge >= 0.3 is 0 Å². The number of carbonyl (C=O) groups is 2. The lowest BCUT2D eigenvalue weighted by molar-refractivity contribution is 0.0950. The highest BCUT2D eigenvalue weighted by atomic mass is 16.2. The van der Waals surface area contributed by atoms with E-state index >= 15 is 0 Å². The predicted octanol–water partition coefficient (Wildman–Crippen LogP) is 3.82. The van der Waals surface area contributed by atoms with Gasteiger partial charge in [-0.05, 0) is 55.8 Å². The largest absolute Gasteiger partial charge is 0.348 e. The van der Waals surface area contributed by atoms with Crippen LogP contribution in [-0.4, -0.2) is 26.8 Å². The first-order valence-electron chi connectivity index (χ1n) is 9.84. The second kappa shape index (κ2) is 8.71. The number of para-hydroxylation sites is 1. The Morgan fingerprint density at radius 1 is 0.839 bits per heavy atom. The molecule has 2 amide bonds. The maximum absolute atomic E-state index is 12.9. The van der Waals surface area contributed by atoms with Gasteiger partial charge < -0.3 is 10.6 Å². The van der Waals surface area contributed by atoms with Gasteiger partial charge in [0.05, 0.1) is 28.0 Å². The van der Waals surface area contributed by atoms with Crippen LogP contribution in [0.25, 0.3) is 11.0 Å². The van der Waals surface area contributed by atoms with Crippen molar-refractivity contribution in [2.45, 2.75) is 20.4 Å². The number of nitrogens with one attached hydrogen (secondary N) is 2. The molecule has 0 saturated carbocycles. The van der Waals surface area contributed by atoms with Crippen molar-refractivity contribution in [3.05, 3.63) is 95.1 Å². The molecule has 0 aliphatic heterocycles. The zero-order valence-electron chi connectivity index (χ0n) is 17.2. The summed E-state index contributed by atoms with van der Waals surface area (Å²) in [5.41, 5.74) is 5.51. The van der Waals surface area contributed by atoms with Crippen LogP contribution in [-0.2, 0) is 6.54 Å². The van der Waals surface area contributed by atoms with Crippen molar-refractivity contribution in [2.75, 3.05) is 5.32 Å². The summed E-state index contributed by atoms with van der Waals surface area (Å²) in [4.78, 5) is 38.1. The molecule has 0 spiro atoms. The number of rotatable bonds is 5. The van der Waals surface area contributed by atoms with Gasteiger partial charge in [0, 0.05) is 30.2 Å². The molecule has 2 aromatic heterocycles. The van der Waals surface area contributed by atoms with Gasteiger partial charge in [-0.3, -0.25) is 14.6 Å². The molecule has 2 aromatic carbocycles. The van der Waals surface area contributed by atoms with Crippen molar-refractivity contribution in [2.24, 2.45) is 0 Å². The summed E-state index contributed by atoms with van der Waals surface area (Å²) in [6.45, 7) is 4.07. The number of hydrogen-bond donors (Lipinski definition) is 2. The van der Waals surface area contributed by atoms with Gasteiger partial charge in [-0.1, -0.05) is 18.2 Å². The van der Waals surface area contributed by atoms with E-state index in [9.17, 15) is 9.59 Å². The molecule has 4 rings (SSSR count). The highest BCUT2D eigenvalue weighted by molar-refractivity contribution is 6.06. The Morgan fingerprint density at radius 2 is 1.61 bits per heavy atom.